The number of nitrogens with zero attached hydrogens (tertiary/aromatic N) is 1. The first kappa shape index (κ1) is 10.7. The first-order valence-corrected chi connectivity index (χ1v) is 4.57. The fraction of sp³-hybridized carbons (Fsp3) is 0.300. The second-order valence-electron chi connectivity index (χ2n) is 2.88. The van der Waals surface area contributed by atoms with Gasteiger partial charge in [-0.1, -0.05) is 12.2 Å². The van der Waals surface area contributed by atoms with Crippen LogP contribution in [0, 0.1) is 0 Å². The van der Waals surface area contributed by atoms with E-state index in [0.29, 0.717) is 13.1 Å². The molecule has 0 unspecified atom stereocenters. The van der Waals surface area contributed by atoms with Gasteiger partial charge in [-0.2, -0.15) is 0 Å². The normalized spacial score (nSPS) is 12.6. The highest BCUT2D eigenvalue weighted by atomic mass is 14.9. The minimum absolute atomic E-state index is 0.456. The van der Waals surface area contributed by atoms with Crippen molar-refractivity contribution < 1.29 is 0 Å². The zero-order valence-corrected chi connectivity index (χ0v) is 8.33. The van der Waals surface area contributed by atoms with Crippen molar-refractivity contribution in [2.24, 2.45) is 11.5 Å². The molecule has 14 heavy (non-hydrogen) atoms. The van der Waals surface area contributed by atoms with Crippen LogP contribution >= 0.6 is 0 Å². The third-order valence-corrected chi connectivity index (χ3v) is 1.92. The summed E-state index contributed by atoms with van der Waals surface area (Å²) in [6, 6.07) is 0. The van der Waals surface area contributed by atoms with Gasteiger partial charge >= 0.3 is 0 Å². The Bertz CT molecular complexity index is 336. The lowest BCUT2D eigenvalue weighted by Gasteiger charge is -1.92. The van der Waals surface area contributed by atoms with Gasteiger partial charge in [0, 0.05) is 19.3 Å². The van der Waals surface area contributed by atoms with E-state index < -0.39 is 0 Å². The Labute approximate surface area is 83.7 Å². The van der Waals surface area contributed by atoms with Crippen LogP contribution in [-0.4, -0.2) is 16.5 Å². The van der Waals surface area contributed by atoms with E-state index in [1.807, 2.05) is 25.2 Å². The molecule has 0 saturated carbocycles. The van der Waals surface area contributed by atoms with Crippen molar-refractivity contribution in [2.75, 3.05) is 6.54 Å². The maximum atomic E-state index is 5.51. The molecule has 0 bridgehead atoms. The Morgan fingerprint density at radius 1 is 1.57 bits per heavy atom. The fourth-order valence-electron chi connectivity index (χ4n) is 1.03. The topological polar surface area (TPSA) is 80.7 Å². The Kier molecular flexibility index (Phi) is 4.10. The molecule has 4 nitrogen and oxygen atoms in total. The van der Waals surface area contributed by atoms with Gasteiger partial charge in [-0.15, -0.1) is 0 Å². The van der Waals surface area contributed by atoms with Crippen LogP contribution in [0.25, 0.3) is 6.08 Å². The lowest BCUT2D eigenvalue weighted by atomic mass is 10.2. The molecule has 0 spiro atoms. The summed E-state index contributed by atoms with van der Waals surface area (Å²) in [6.45, 7) is 2.95. The Balaban J connectivity index is 2.68. The van der Waals surface area contributed by atoms with Gasteiger partial charge in [-0.3, -0.25) is 0 Å². The molecule has 0 fully saturated rings. The number of aromatic nitrogens is 2. The molecule has 1 rings (SSSR count). The van der Waals surface area contributed by atoms with Crippen LogP contribution in [0.15, 0.2) is 23.9 Å². The van der Waals surface area contributed by atoms with Crippen LogP contribution in [-0.2, 0) is 6.54 Å². The van der Waals surface area contributed by atoms with Crippen molar-refractivity contribution in [1.82, 2.24) is 9.97 Å². The number of rotatable bonds is 4. The summed E-state index contributed by atoms with van der Waals surface area (Å²) in [4.78, 5) is 7.25. The molecule has 0 aliphatic heterocycles. The lowest BCUT2D eigenvalue weighted by molar-refractivity contribution is 1.01. The zero-order chi connectivity index (χ0) is 10.4. The van der Waals surface area contributed by atoms with Gasteiger partial charge in [0.2, 0.25) is 0 Å². The smallest absolute Gasteiger partial charge is 0.130 e. The van der Waals surface area contributed by atoms with Crippen molar-refractivity contribution in [3.05, 3.63) is 35.4 Å². The average Bonchev–Trinajstić information content (AvgIpc) is 2.67. The summed E-state index contributed by atoms with van der Waals surface area (Å²) < 4.78 is 0. The lowest BCUT2D eigenvalue weighted by Crippen LogP contribution is -2.00. The second kappa shape index (κ2) is 5.36. The van der Waals surface area contributed by atoms with Gasteiger partial charge in [0.05, 0.1) is 5.69 Å². The number of hydrogen-bond donors (Lipinski definition) is 3. The van der Waals surface area contributed by atoms with Gasteiger partial charge in [0.1, 0.15) is 5.82 Å². The van der Waals surface area contributed by atoms with E-state index in [2.05, 4.69) is 9.97 Å². The molecule has 1 aromatic rings. The van der Waals surface area contributed by atoms with Crippen molar-refractivity contribution in [3.8, 4) is 0 Å². The van der Waals surface area contributed by atoms with Crippen LogP contribution in [0.3, 0.4) is 0 Å². The number of aromatic amines is 1. The van der Waals surface area contributed by atoms with E-state index in [1.165, 1.54) is 0 Å². The standard InChI is InChI=1S/C10H16N4/c1-2-8(5-11)3-4-10-13-7-9(6-12)14-10/h2-4,7H,5-6,11-12H2,1H3,(H,13,14)/b4-3-,8-2+. The van der Waals surface area contributed by atoms with E-state index in [-0.39, 0.29) is 0 Å². The molecule has 0 radical (unpaired) electrons. The summed E-state index contributed by atoms with van der Waals surface area (Å²) in [6.07, 6.45) is 7.61. The van der Waals surface area contributed by atoms with Gasteiger partial charge in [-0.25, -0.2) is 4.98 Å². The molecule has 0 aromatic carbocycles. The average molecular weight is 192 g/mol. The zero-order valence-electron chi connectivity index (χ0n) is 8.33. The van der Waals surface area contributed by atoms with Crippen LogP contribution in [0.5, 0.6) is 0 Å². The minimum atomic E-state index is 0.456. The second-order valence-corrected chi connectivity index (χ2v) is 2.88. The maximum Gasteiger partial charge on any atom is 0.130 e. The summed E-state index contributed by atoms with van der Waals surface area (Å²) in [5, 5.41) is 0. The number of imidazole rings is 1. The molecule has 0 saturated heterocycles. The fourth-order valence-corrected chi connectivity index (χ4v) is 1.03. The number of hydrogen-bond acceptors (Lipinski definition) is 3. The van der Waals surface area contributed by atoms with Crippen LogP contribution in [0.2, 0.25) is 0 Å². The molecule has 0 amide bonds. The molecular formula is C10H16N4. The largest absolute Gasteiger partial charge is 0.345 e. The predicted molar refractivity (Wildman–Crippen MR) is 58.3 cm³/mol. The monoisotopic (exact) mass is 192 g/mol. The third-order valence-electron chi connectivity index (χ3n) is 1.92. The summed E-state index contributed by atoms with van der Waals surface area (Å²) in [5.74, 6) is 0.804. The van der Waals surface area contributed by atoms with E-state index in [0.717, 1.165) is 17.1 Å². The number of nitrogens with one attached hydrogen (secondary N) is 1. The molecular weight excluding hydrogens is 176 g/mol. The first-order valence-electron chi connectivity index (χ1n) is 4.57. The number of allylic oxidation sites excluding steroid dienone is 1. The number of nitrogens with two attached hydrogens (primary N) is 2. The Morgan fingerprint density at radius 2 is 2.36 bits per heavy atom. The van der Waals surface area contributed by atoms with E-state index in [1.54, 1.807) is 6.20 Å². The quantitative estimate of drug-likeness (QED) is 0.617. The van der Waals surface area contributed by atoms with Gasteiger partial charge in [-0.05, 0) is 18.6 Å². The highest BCUT2D eigenvalue weighted by Gasteiger charge is 1.94. The SMILES string of the molecule is C/C=C(\C=C/c1nc(CN)c[nH]1)CN. The Morgan fingerprint density at radius 3 is 2.86 bits per heavy atom. The molecule has 1 heterocycles. The molecule has 4 heteroatoms. The van der Waals surface area contributed by atoms with Crippen molar-refractivity contribution in [3.63, 3.8) is 0 Å². The van der Waals surface area contributed by atoms with Gasteiger partial charge in [0.15, 0.2) is 0 Å². The molecule has 0 aliphatic rings. The van der Waals surface area contributed by atoms with Crippen LogP contribution in [0.4, 0.5) is 0 Å². The molecule has 1 aromatic heterocycles. The van der Waals surface area contributed by atoms with Crippen LogP contribution in [0.1, 0.15) is 18.4 Å². The van der Waals surface area contributed by atoms with E-state index in [4.69, 9.17) is 11.5 Å². The highest BCUT2D eigenvalue weighted by molar-refractivity contribution is 5.46. The Hall–Kier alpha value is -1.39. The molecule has 5 N–H and O–H groups in total. The van der Waals surface area contributed by atoms with Crippen LogP contribution < -0.4 is 11.5 Å². The predicted octanol–water partition coefficient (Wildman–Crippen LogP) is 0.787. The minimum Gasteiger partial charge on any atom is -0.345 e. The summed E-state index contributed by atoms with van der Waals surface area (Å²) >= 11 is 0. The third kappa shape index (κ3) is 2.83. The summed E-state index contributed by atoms with van der Waals surface area (Å²) in [7, 11) is 0. The van der Waals surface area contributed by atoms with E-state index in [9.17, 15) is 0 Å². The summed E-state index contributed by atoms with van der Waals surface area (Å²) in [5.41, 5.74) is 12.9. The van der Waals surface area contributed by atoms with Crippen molar-refractivity contribution in [1.29, 1.82) is 0 Å². The molecule has 0 aliphatic carbocycles. The highest BCUT2D eigenvalue weighted by Crippen LogP contribution is 2.01. The van der Waals surface area contributed by atoms with Gasteiger partial charge in [0.25, 0.3) is 0 Å². The van der Waals surface area contributed by atoms with E-state index >= 15 is 0 Å². The van der Waals surface area contributed by atoms with Crippen molar-refractivity contribution in [2.45, 2.75) is 13.5 Å². The molecule has 0 atom stereocenters. The first-order chi connectivity index (χ1) is 6.80. The molecule has 76 valence electrons. The van der Waals surface area contributed by atoms with Gasteiger partial charge < -0.3 is 16.5 Å². The number of H-pyrrole nitrogens is 1. The van der Waals surface area contributed by atoms with Crippen molar-refractivity contribution >= 4 is 6.08 Å². The maximum absolute atomic E-state index is 5.51.